The Morgan fingerprint density at radius 3 is 2.76 bits per heavy atom. The number of carbonyl (C=O) groups excluding carboxylic acids is 3. The molecule has 33 heavy (non-hydrogen) atoms. The molecule has 4 aliphatic heterocycles. The van der Waals surface area contributed by atoms with E-state index in [0.29, 0.717) is 10.7 Å². The van der Waals surface area contributed by atoms with Crippen LogP contribution in [0.4, 0.5) is 5.69 Å². The molecule has 1 N–H and O–H groups in total. The smallest absolute Gasteiger partial charge is 0.313 e. The third-order valence-electron chi connectivity index (χ3n) is 7.05. The predicted octanol–water partition coefficient (Wildman–Crippen LogP) is 1.63. The lowest BCUT2D eigenvalue weighted by Gasteiger charge is -2.37. The van der Waals surface area contributed by atoms with E-state index in [0.717, 1.165) is 5.56 Å². The van der Waals surface area contributed by atoms with E-state index in [9.17, 15) is 19.5 Å². The first kappa shape index (κ1) is 22.1. The second-order valence-electron chi connectivity index (χ2n) is 8.93. The number of anilines is 1. The zero-order chi connectivity index (χ0) is 23.5. The summed E-state index contributed by atoms with van der Waals surface area (Å²) in [5.41, 5.74) is 0.00842. The average molecular weight is 473 g/mol. The molecule has 174 valence electrons. The summed E-state index contributed by atoms with van der Waals surface area (Å²) < 4.78 is 11.7. The van der Waals surface area contributed by atoms with Gasteiger partial charge in [-0.1, -0.05) is 42.0 Å². The van der Waals surface area contributed by atoms with Crippen molar-refractivity contribution in [2.75, 3.05) is 24.7 Å². The maximum atomic E-state index is 14.1. The van der Waals surface area contributed by atoms with Crippen molar-refractivity contribution in [1.82, 2.24) is 4.90 Å². The van der Waals surface area contributed by atoms with Crippen molar-refractivity contribution in [2.24, 2.45) is 11.8 Å². The second kappa shape index (κ2) is 7.97. The molecule has 0 saturated carbocycles. The Labute approximate surface area is 196 Å². The second-order valence-corrected chi connectivity index (χ2v) is 9.34. The molecule has 9 heteroatoms. The Morgan fingerprint density at radius 1 is 1.24 bits per heavy atom. The molecule has 2 saturated heterocycles. The van der Waals surface area contributed by atoms with Crippen molar-refractivity contribution in [3.05, 3.63) is 53.1 Å². The predicted molar refractivity (Wildman–Crippen MR) is 120 cm³/mol. The number of halogens is 1. The highest BCUT2D eigenvalue weighted by Crippen LogP contribution is 2.54. The third-order valence-corrected chi connectivity index (χ3v) is 7.35. The van der Waals surface area contributed by atoms with Gasteiger partial charge in [0.2, 0.25) is 5.91 Å². The van der Waals surface area contributed by atoms with Crippen molar-refractivity contribution in [2.45, 2.75) is 37.6 Å². The van der Waals surface area contributed by atoms with E-state index in [-0.39, 0.29) is 25.7 Å². The largest absolute Gasteiger partial charge is 0.461 e. The number of hydrogen-bond donors (Lipinski definition) is 1. The summed E-state index contributed by atoms with van der Waals surface area (Å²) in [4.78, 5) is 43.7. The number of hydrogen-bond acceptors (Lipinski definition) is 6. The van der Waals surface area contributed by atoms with E-state index in [1.165, 1.54) is 4.90 Å². The molecule has 4 heterocycles. The van der Waals surface area contributed by atoms with Crippen LogP contribution in [-0.2, 0) is 23.9 Å². The van der Waals surface area contributed by atoms with Crippen LogP contribution in [0.2, 0.25) is 5.02 Å². The summed E-state index contributed by atoms with van der Waals surface area (Å²) in [5.74, 6) is -3.12. The van der Waals surface area contributed by atoms with Crippen LogP contribution in [0.5, 0.6) is 0 Å². The minimum atomic E-state index is -1.36. The van der Waals surface area contributed by atoms with E-state index in [1.54, 1.807) is 42.2 Å². The number of ether oxygens (including phenoxy) is 2. The molecule has 0 aliphatic carbocycles. The van der Waals surface area contributed by atoms with Crippen molar-refractivity contribution >= 4 is 35.1 Å². The van der Waals surface area contributed by atoms with Crippen LogP contribution in [0.1, 0.15) is 12.5 Å². The van der Waals surface area contributed by atoms with Gasteiger partial charge in [-0.2, -0.15) is 0 Å². The monoisotopic (exact) mass is 472 g/mol. The third kappa shape index (κ3) is 3.08. The number of benzene rings is 1. The van der Waals surface area contributed by atoms with Gasteiger partial charge in [-0.3, -0.25) is 14.4 Å². The number of aliphatic hydroxyl groups excluding tert-OH is 1. The number of para-hydroxylation sites is 1. The van der Waals surface area contributed by atoms with Crippen molar-refractivity contribution < 1.29 is 29.0 Å². The fourth-order valence-electron chi connectivity index (χ4n) is 5.64. The first-order chi connectivity index (χ1) is 15.8. The molecule has 2 amide bonds. The molecule has 1 aromatic carbocycles. The molecule has 0 bridgehead atoms. The number of nitrogens with zero attached hydrogens (tertiary/aromatic N) is 2. The summed E-state index contributed by atoms with van der Waals surface area (Å²) in [5, 5.41) is 10.3. The van der Waals surface area contributed by atoms with Crippen LogP contribution >= 0.6 is 11.6 Å². The van der Waals surface area contributed by atoms with Gasteiger partial charge in [0.05, 0.1) is 35.4 Å². The molecule has 6 atom stereocenters. The van der Waals surface area contributed by atoms with Gasteiger partial charge in [-0.05, 0) is 31.6 Å². The summed E-state index contributed by atoms with van der Waals surface area (Å²) in [6.07, 6.45) is 6.26. The standard InChI is InChI=1S/C24H25ClN2O6/c1-13-6-3-7-15(25)19(13)26-10-5-9-24-18(17-16(33-24)8-4-11-32-23(17)31)21(29)27(14(2)12-28)20(24)22(26)30/h3-9,14,16-18,20,28H,10-12H2,1-2H3/t14-,16+,17-,18+,20?,24+/m1/s1. The number of fused-ring (bicyclic) bond motifs is 2. The Hall–Kier alpha value is -2.68. The number of esters is 1. The quantitative estimate of drug-likeness (QED) is 0.530. The number of likely N-dealkylation sites (tertiary alicyclic amines) is 1. The van der Waals surface area contributed by atoms with Crippen LogP contribution < -0.4 is 4.90 Å². The van der Waals surface area contributed by atoms with Gasteiger partial charge in [0.1, 0.15) is 24.2 Å². The number of rotatable bonds is 3. The van der Waals surface area contributed by atoms with Gasteiger partial charge in [0, 0.05) is 6.54 Å². The fraction of sp³-hybridized carbons (Fsp3) is 0.458. The SMILES string of the molecule is Cc1cccc(Cl)c1N1CC=C[C@]23O[C@H]4C=CCOC(=O)[C@H]4[C@H]2C(=O)N([C@H](C)CO)C3C1=O. The lowest BCUT2D eigenvalue weighted by atomic mass is 9.78. The van der Waals surface area contributed by atoms with E-state index < -0.39 is 47.5 Å². The molecule has 0 radical (unpaired) electrons. The van der Waals surface area contributed by atoms with Gasteiger partial charge in [0.25, 0.3) is 5.91 Å². The first-order valence-corrected chi connectivity index (χ1v) is 11.4. The topological polar surface area (TPSA) is 96.4 Å². The van der Waals surface area contributed by atoms with Crippen molar-refractivity contribution in [1.29, 1.82) is 0 Å². The van der Waals surface area contributed by atoms with Gasteiger partial charge in [-0.15, -0.1) is 0 Å². The molecular formula is C24H25ClN2O6. The van der Waals surface area contributed by atoms with Gasteiger partial charge >= 0.3 is 5.97 Å². The lowest BCUT2D eigenvalue weighted by Crippen LogP contribution is -2.57. The molecular weight excluding hydrogens is 448 g/mol. The number of cyclic esters (lactones) is 1. The minimum absolute atomic E-state index is 0.109. The molecule has 5 rings (SSSR count). The Balaban J connectivity index is 1.67. The zero-order valence-electron chi connectivity index (χ0n) is 18.3. The fourth-order valence-corrected chi connectivity index (χ4v) is 5.96. The van der Waals surface area contributed by atoms with Crippen molar-refractivity contribution in [3.63, 3.8) is 0 Å². The average Bonchev–Trinajstić information content (AvgIpc) is 3.09. The maximum Gasteiger partial charge on any atom is 0.313 e. The van der Waals surface area contributed by atoms with Crippen LogP contribution in [-0.4, -0.2) is 71.3 Å². The Kier molecular flexibility index (Phi) is 5.34. The molecule has 8 nitrogen and oxygen atoms in total. The summed E-state index contributed by atoms with van der Waals surface area (Å²) in [7, 11) is 0. The summed E-state index contributed by atoms with van der Waals surface area (Å²) in [6, 6.07) is 3.65. The molecule has 1 spiro atoms. The normalized spacial score (nSPS) is 33.9. The molecule has 0 aromatic heterocycles. The van der Waals surface area contributed by atoms with Crippen LogP contribution in [0.25, 0.3) is 0 Å². The summed E-state index contributed by atoms with van der Waals surface area (Å²) in [6.45, 7) is 3.52. The molecule has 1 unspecified atom stereocenters. The first-order valence-electron chi connectivity index (χ1n) is 11.0. The molecule has 4 aliphatic rings. The van der Waals surface area contributed by atoms with Crippen LogP contribution in [0.15, 0.2) is 42.5 Å². The van der Waals surface area contributed by atoms with Crippen LogP contribution in [0.3, 0.4) is 0 Å². The number of carbonyl (C=O) groups is 3. The van der Waals surface area contributed by atoms with E-state index in [1.807, 2.05) is 19.1 Å². The Bertz CT molecular complexity index is 1070. The Morgan fingerprint density at radius 2 is 2.03 bits per heavy atom. The minimum Gasteiger partial charge on any atom is -0.461 e. The number of aryl methyl sites for hydroxylation is 1. The van der Waals surface area contributed by atoms with Gasteiger partial charge in [-0.25, -0.2) is 0 Å². The molecule has 2 fully saturated rings. The number of aliphatic hydroxyl groups is 1. The maximum absolute atomic E-state index is 14.1. The van der Waals surface area contributed by atoms with E-state index >= 15 is 0 Å². The number of amides is 2. The molecule has 1 aromatic rings. The highest BCUT2D eigenvalue weighted by atomic mass is 35.5. The highest BCUT2D eigenvalue weighted by molar-refractivity contribution is 6.34. The van der Waals surface area contributed by atoms with E-state index in [2.05, 4.69) is 0 Å². The van der Waals surface area contributed by atoms with Gasteiger partial charge < -0.3 is 24.4 Å². The van der Waals surface area contributed by atoms with Crippen molar-refractivity contribution in [3.8, 4) is 0 Å². The van der Waals surface area contributed by atoms with Gasteiger partial charge in [0.15, 0.2) is 0 Å². The highest BCUT2D eigenvalue weighted by Gasteiger charge is 2.72. The lowest BCUT2D eigenvalue weighted by molar-refractivity contribution is -0.153. The zero-order valence-corrected chi connectivity index (χ0v) is 19.1. The summed E-state index contributed by atoms with van der Waals surface area (Å²) >= 11 is 6.49. The van der Waals surface area contributed by atoms with Crippen LogP contribution in [0, 0.1) is 18.8 Å². The van der Waals surface area contributed by atoms with E-state index in [4.69, 9.17) is 21.1 Å².